The molecule has 3 N–H and O–H groups in total. The van der Waals surface area contributed by atoms with Gasteiger partial charge in [-0.15, -0.1) is 11.3 Å². The summed E-state index contributed by atoms with van der Waals surface area (Å²) in [6.45, 7) is 0.310. The monoisotopic (exact) mass is 412 g/mol. The van der Waals surface area contributed by atoms with E-state index in [-0.39, 0.29) is 6.61 Å². The molecule has 0 fully saturated rings. The molecule has 0 bridgehead atoms. The largest absolute Gasteiger partial charge is 0.493 e. The molecule has 1 heterocycles. The van der Waals surface area contributed by atoms with Gasteiger partial charge in [0.1, 0.15) is 0 Å². The molecule has 2 amide bonds. The second-order valence-corrected chi connectivity index (χ2v) is 7.32. The highest BCUT2D eigenvalue weighted by atomic mass is 32.1. The summed E-state index contributed by atoms with van der Waals surface area (Å²) in [5, 5.41) is 17.2. The Bertz CT molecular complexity index is 900. The van der Waals surface area contributed by atoms with E-state index in [0.717, 1.165) is 12.0 Å². The van der Waals surface area contributed by atoms with Gasteiger partial charge in [-0.05, 0) is 29.1 Å². The summed E-state index contributed by atoms with van der Waals surface area (Å²) in [5.41, 5.74) is 1.40. The van der Waals surface area contributed by atoms with Crippen LogP contribution >= 0.6 is 11.3 Å². The van der Waals surface area contributed by atoms with Crippen LogP contribution in [0.4, 0.5) is 10.5 Å². The molecule has 0 spiro atoms. The third-order valence-corrected chi connectivity index (χ3v) is 5.23. The van der Waals surface area contributed by atoms with Crippen LogP contribution in [-0.2, 0) is 6.42 Å². The molecular weight excluding hydrogens is 388 g/mol. The van der Waals surface area contributed by atoms with Crippen LogP contribution < -0.4 is 20.1 Å². The number of anilines is 1. The second-order valence-electron chi connectivity index (χ2n) is 6.29. The van der Waals surface area contributed by atoms with Gasteiger partial charge in [0.25, 0.3) is 0 Å². The molecule has 29 heavy (non-hydrogen) atoms. The number of amides is 2. The average molecular weight is 413 g/mol. The van der Waals surface area contributed by atoms with Gasteiger partial charge in [-0.25, -0.2) is 4.79 Å². The lowest BCUT2D eigenvalue weighted by Gasteiger charge is -2.18. The molecule has 1 atom stereocenters. The van der Waals surface area contributed by atoms with Crippen molar-refractivity contribution in [2.45, 2.75) is 12.5 Å². The van der Waals surface area contributed by atoms with Gasteiger partial charge < -0.3 is 25.2 Å². The topological polar surface area (TPSA) is 79.8 Å². The predicted octanol–water partition coefficient (Wildman–Crippen LogP) is 4.23. The number of rotatable bonds is 9. The molecule has 3 aromatic rings. The summed E-state index contributed by atoms with van der Waals surface area (Å²) in [6, 6.07) is 17.7. The van der Waals surface area contributed by atoms with Gasteiger partial charge in [-0.2, -0.15) is 0 Å². The van der Waals surface area contributed by atoms with Crippen LogP contribution in [0.25, 0.3) is 0 Å². The molecule has 0 aliphatic heterocycles. The van der Waals surface area contributed by atoms with E-state index in [1.807, 2.05) is 41.8 Å². The van der Waals surface area contributed by atoms with Crippen molar-refractivity contribution in [2.24, 2.45) is 0 Å². The van der Waals surface area contributed by atoms with Crippen molar-refractivity contribution in [1.82, 2.24) is 5.32 Å². The minimum absolute atomic E-state index is 0.197. The molecule has 0 unspecified atom stereocenters. The van der Waals surface area contributed by atoms with Gasteiger partial charge in [0.2, 0.25) is 0 Å². The highest BCUT2D eigenvalue weighted by Crippen LogP contribution is 2.30. The lowest BCUT2D eigenvalue weighted by Crippen LogP contribution is -2.34. The molecule has 0 saturated carbocycles. The Morgan fingerprint density at radius 3 is 2.62 bits per heavy atom. The summed E-state index contributed by atoms with van der Waals surface area (Å²) in [5.74, 6) is 1.16. The van der Waals surface area contributed by atoms with Crippen LogP contribution in [0.5, 0.6) is 11.5 Å². The SMILES string of the molecule is COc1ccc(NC(=O)N[C@@H](CO)c2ccccc2)cc1OCCc1cccs1. The molecule has 6 nitrogen and oxygen atoms in total. The number of aliphatic hydroxyl groups excluding tert-OH is 1. The second kappa shape index (κ2) is 10.5. The van der Waals surface area contributed by atoms with Crippen LogP contribution in [0.1, 0.15) is 16.5 Å². The van der Waals surface area contributed by atoms with E-state index in [9.17, 15) is 9.90 Å². The van der Waals surface area contributed by atoms with Crippen molar-refractivity contribution < 1.29 is 19.4 Å². The Kier molecular flexibility index (Phi) is 7.49. The fourth-order valence-corrected chi connectivity index (χ4v) is 3.52. The van der Waals surface area contributed by atoms with E-state index < -0.39 is 12.1 Å². The van der Waals surface area contributed by atoms with Crippen molar-refractivity contribution in [2.75, 3.05) is 25.6 Å². The van der Waals surface area contributed by atoms with Gasteiger partial charge in [0.15, 0.2) is 11.5 Å². The lowest BCUT2D eigenvalue weighted by molar-refractivity contribution is 0.225. The zero-order valence-electron chi connectivity index (χ0n) is 16.1. The van der Waals surface area contributed by atoms with E-state index >= 15 is 0 Å². The van der Waals surface area contributed by atoms with Crippen molar-refractivity contribution in [1.29, 1.82) is 0 Å². The van der Waals surface area contributed by atoms with Gasteiger partial charge in [0, 0.05) is 23.1 Å². The normalized spacial score (nSPS) is 11.5. The minimum atomic E-state index is -0.490. The number of thiophene rings is 1. The molecule has 152 valence electrons. The zero-order chi connectivity index (χ0) is 20.5. The molecule has 2 aromatic carbocycles. The Morgan fingerprint density at radius 2 is 1.93 bits per heavy atom. The fraction of sp³-hybridized carbons (Fsp3) is 0.227. The summed E-state index contributed by atoms with van der Waals surface area (Å²) in [7, 11) is 1.58. The minimum Gasteiger partial charge on any atom is -0.493 e. The number of benzene rings is 2. The van der Waals surface area contributed by atoms with Gasteiger partial charge in [-0.1, -0.05) is 36.4 Å². The lowest BCUT2D eigenvalue weighted by atomic mass is 10.1. The third kappa shape index (κ3) is 5.97. The molecule has 7 heteroatoms. The van der Waals surface area contributed by atoms with Crippen LogP contribution in [0.15, 0.2) is 66.0 Å². The number of carbonyl (C=O) groups excluding carboxylic acids is 1. The fourth-order valence-electron chi connectivity index (χ4n) is 2.83. The van der Waals surface area contributed by atoms with Crippen LogP contribution in [-0.4, -0.2) is 31.5 Å². The van der Waals surface area contributed by atoms with E-state index in [4.69, 9.17) is 9.47 Å². The van der Waals surface area contributed by atoms with E-state index in [0.29, 0.717) is 23.8 Å². The number of hydrogen-bond donors (Lipinski definition) is 3. The number of hydrogen-bond acceptors (Lipinski definition) is 5. The Morgan fingerprint density at radius 1 is 1.10 bits per heavy atom. The van der Waals surface area contributed by atoms with Crippen molar-refractivity contribution >= 4 is 23.1 Å². The highest BCUT2D eigenvalue weighted by Gasteiger charge is 2.14. The van der Waals surface area contributed by atoms with Crippen molar-refractivity contribution in [3.05, 3.63) is 76.5 Å². The van der Waals surface area contributed by atoms with E-state index in [2.05, 4.69) is 16.7 Å². The number of urea groups is 1. The quantitative estimate of drug-likeness (QED) is 0.491. The molecule has 1 aromatic heterocycles. The maximum atomic E-state index is 12.4. The smallest absolute Gasteiger partial charge is 0.319 e. The molecule has 0 radical (unpaired) electrons. The number of nitrogens with one attached hydrogen (secondary N) is 2. The molecule has 0 saturated heterocycles. The summed E-state index contributed by atoms with van der Waals surface area (Å²) in [6.07, 6.45) is 0.800. The number of carbonyl (C=O) groups is 1. The first-order valence-corrected chi connectivity index (χ1v) is 10.1. The molecule has 3 rings (SSSR count). The molecular formula is C22H24N2O4S. The average Bonchev–Trinajstić information content (AvgIpc) is 3.26. The highest BCUT2D eigenvalue weighted by molar-refractivity contribution is 7.09. The van der Waals surface area contributed by atoms with Crippen LogP contribution in [0.3, 0.4) is 0 Å². The Balaban J connectivity index is 1.61. The zero-order valence-corrected chi connectivity index (χ0v) is 16.9. The molecule has 0 aliphatic rings. The number of ether oxygens (including phenoxy) is 2. The Labute approximate surface area is 174 Å². The third-order valence-electron chi connectivity index (χ3n) is 4.30. The summed E-state index contributed by atoms with van der Waals surface area (Å²) in [4.78, 5) is 13.6. The summed E-state index contributed by atoms with van der Waals surface area (Å²) >= 11 is 1.69. The van der Waals surface area contributed by atoms with Crippen molar-refractivity contribution in [3.63, 3.8) is 0 Å². The van der Waals surface area contributed by atoms with Crippen molar-refractivity contribution in [3.8, 4) is 11.5 Å². The number of aliphatic hydroxyl groups is 1. The number of methoxy groups -OCH3 is 1. The first-order chi connectivity index (χ1) is 14.2. The van der Waals surface area contributed by atoms with E-state index in [1.54, 1.807) is 36.6 Å². The Hall–Kier alpha value is -3.03. The first kappa shape index (κ1) is 20.7. The first-order valence-electron chi connectivity index (χ1n) is 9.26. The molecule has 0 aliphatic carbocycles. The van der Waals surface area contributed by atoms with E-state index in [1.165, 1.54) is 4.88 Å². The van der Waals surface area contributed by atoms with Gasteiger partial charge >= 0.3 is 6.03 Å². The maximum Gasteiger partial charge on any atom is 0.319 e. The van der Waals surface area contributed by atoms with Gasteiger partial charge in [0.05, 0.1) is 26.4 Å². The predicted molar refractivity (Wildman–Crippen MR) is 115 cm³/mol. The summed E-state index contributed by atoms with van der Waals surface area (Å²) < 4.78 is 11.2. The van der Waals surface area contributed by atoms with Gasteiger partial charge in [-0.3, -0.25) is 0 Å². The maximum absolute atomic E-state index is 12.4. The van der Waals surface area contributed by atoms with Crippen LogP contribution in [0, 0.1) is 0 Å². The standard InChI is InChI=1S/C22H24N2O4S/c1-27-20-10-9-17(14-21(20)28-12-11-18-8-5-13-29-18)23-22(26)24-19(15-25)16-6-3-2-4-7-16/h2-10,13-14,19,25H,11-12,15H2,1H3,(H2,23,24,26)/t19-/m0/s1. The van der Waals surface area contributed by atoms with Crippen LogP contribution in [0.2, 0.25) is 0 Å².